The molecule has 0 amide bonds. The van der Waals surface area contributed by atoms with E-state index in [2.05, 4.69) is 6.92 Å². The van der Waals surface area contributed by atoms with Gasteiger partial charge in [-0.3, -0.25) is 4.79 Å². The van der Waals surface area contributed by atoms with Crippen molar-refractivity contribution in [2.75, 3.05) is 13.2 Å². The summed E-state index contributed by atoms with van der Waals surface area (Å²) in [5, 5.41) is 10.3. The Morgan fingerprint density at radius 2 is 1.88 bits per heavy atom. The first-order valence-electron chi connectivity index (χ1n) is 9.79. The third kappa shape index (κ3) is 4.12. The molecular weight excluding hydrogens is 308 g/mol. The highest BCUT2D eigenvalue weighted by molar-refractivity contribution is 5.72. The lowest BCUT2D eigenvalue weighted by molar-refractivity contribution is -0.171. The Balaban J connectivity index is 1.49. The number of carbonyl (C=O) groups excluding carboxylic acids is 1. The van der Waals surface area contributed by atoms with Gasteiger partial charge in [0.25, 0.3) is 0 Å². The molecule has 1 N–H and O–H groups in total. The van der Waals surface area contributed by atoms with Gasteiger partial charge in [-0.2, -0.15) is 0 Å². The van der Waals surface area contributed by atoms with E-state index in [1.165, 1.54) is 25.7 Å². The summed E-state index contributed by atoms with van der Waals surface area (Å²) in [5.41, 5.74) is 0. The first-order valence-corrected chi connectivity index (χ1v) is 9.79. The third-order valence-electron chi connectivity index (χ3n) is 6.01. The molecule has 0 aromatic rings. The maximum atomic E-state index is 11.5. The molecule has 3 aliphatic rings. The van der Waals surface area contributed by atoms with E-state index in [1.807, 2.05) is 0 Å². The van der Waals surface area contributed by atoms with Crippen molar-refractivity contribution in [1.29, 1.82) is 0 Å². The molecule has 2 heterocycles. The predicted molar refractivity (Wildman–Crippen MR) is 89.3 cm³/mol. The minimum atomic E-state index is -0.465. The van der Waals surface area contributed by atoms with E-state index in [-0.39, 0.29) is 30.0 Å². The maximum absolute atomic E-state index is 11.5. The van der Waals surface area contributed by atoms with Crippen LogP contribution >= 0.6 is 0 Å². The molecule has 0 bridgehead atoms. The van der Waals surface area contributed by atoms with Gasteiger partial charge in [0.05, 0.1) is 25.7 Å². The summed E-state index contributed by atoms with van der Waals surface area (Å²) < 4.78 is 17.3. The fourth-order valence-electron chi connectivity index (χ4n) is 4.68. The molecule has 5 heteroatoms. The normalized spacial score (nSPS) is 34.5. The lowest BCUT2D eigenvalue weighted by Crippen LogP contribution is -2.32. The van der Waals surface area contributed by atoms with E-state index in [0.29, 0.717) is 26.1 Å². The van der Waals surface area contributed by atoms with E-state index in [9.17, 15) is 9.90 Å². The fourth-order valence-corrected chi connectivity index (χ4v) is 4.68. The van der Waals surface area contributed by atoms with E-state index in [1.54, 1.807) is 0 Å². The second-order valence-electron chi connectivity index (χ2n) is 7.67. The third-order valence-corrected chi connectivity index (χ3v) is 6.01. The van der Waals surface area contributed by atoms with Crippen LogP contribution in [0.25, 0.3) is 0 Å². The van der Waals surface area contributed by atoms with Crippen LogP contribution in [0, 0.1) is 11.8 Å². The van der Waals surface area contributed by atoms with Crippen LogP contribution in [0.5, 0.6) is 0 Å². The molecule has 0 radical (unpaired) electrons. The fraction of sp³-hybridized carbons (Fsp3) is 0.947. The molecule has 0 unspecified atom stereocenters. The molecule has 3 rings (SSSR count). The number of ether oxygens (including phenoxy) is 3. The highest BCUT2D eigenvalue weighted by Crippen LogP contribution is 2.45. The van der Waals surface area contributed by atoms with Crippen molar-refractivity contribution in [3.05, 3.63) is 0 Å². The summed E-state index contributed by atoms with van der Waals surface area (Å²) in [5.74, 6) is -0.268. The Labute approximate surface area is 145 Å². The van der Waals surface area contributed by atoms with Gasteiger partial charge in [-0.25, -0.2) is 0 Å². The molecule has 3 fully saturated rings. The Hall–Kier alpha value is -0.650. The SMILES string of the molecule is CCCCCCCC1(CC[C@@H]2[C@@H]3CC(=O)O[C@H]3C[C@@H]2O)OCCO1. The molecule has 138 valence electrons. The van der Waals surface area contributed by atoms with Crippen LogP contribution < -0.4 is 0 Å². The van der Waals surface area contributed by atoms with Crippen molar-refractivity contribution in [1.82, 2.24) is 0 Å². The summed E-state index contributed by atoms with van der Waals surface area (Å²) in [7, 11) is 0. The topological polar surface area (TPSA) is 65.0 Å². The van der Waals surface area contributed by atoms with E-state index in [0.717, 1.165) is 25.7 Å². The standard InChI is InChI=1S/C19H32O5/c1-2-3-4-5-6-8-19(22-10-11-23-19)9-7-14-15-12-18(21)24-17(15)13-16(14)20/h14-17,20H,2-13H2,1H3/t14-,15+,16+,17+/m1/s1. The summed E-state index contributed by atoms with van der Waals surface area (Å²) in [4.78, 5) is 11.5. The van der Waals surface area contributed by atoms with Crippen molar-refractivity contribution in [2.24, 2.45) is 11.8 Å². The molecule has 1 aliphatic carbocycles. The van der Waals surface area contributed by atoms with Gasteiger partial charge in [0.2, 0.25) is 0 Å². The van der Waals surface area contributed by atoms with E-state index >= 15 is 0 Å². The van der Waals surface area contributed by atoms with Crippen molar-refractivity contribution < 1.29 is 24.1 Å². The van der Waals surface area contributed by atoms with E-state index in [4.69, 9.17) is 14.2 Å². The number of esters is 1. The number of rotatable bonds is 9. The molecule has 0 aromatic carbocycles. The number of fused-ring (bicyclic) bond motifs is 1. The molecule has 0 spiro atoms. The van der Waals surface area contributed by atoms with Gasteiger partial charge in [0.1, 0.15) is 6.10 Å². The van der Waals surface area contributed by atoms with Gasteiger partial charge in [-0.15, -0.1) is 0 Å². The highest BCUT2D eigenvalue weighted by Gasteiger charge is 2.50. The summed E-state index contributed by atoms with van der Waals surface area (Å²) in [6.07, 6.45) is 9.35. The zero-order valence-corrected chi connectivity index (χ0v) is 14.9. The minimum Gasteiger partial charge on any atom is -0.462 e. The smallest absolute Gasteiger partial charge is 0.306 e. The van der Waals surface area contributed by atoms with Crippen molar-refractivity contribution in [3.63, 3.8) is 0 Å². The Morgan fingerprint density at radius 1 is 1.12 bits per heavy atom. The molecule has 0 aromatic heterocycles. The number of carbonyl (C=O) groups is 1. The molecule has 2 aliphatic heterocycles. The molecule has 2 saturated heterocycles. The quantitative estimate of drug-likeness (QED) is 0.516. The van der Waals surface area contributed by atoms with Crippen LogP contribution in [0.15, 0.2) is 0 Å². The zero-order chi connectivity index (χ0) is 17.0. The van der Waals surface area contributed by atoms with Crippen LogP contribution in [0.3, 0.4) is 0 Å². The number of aliphatic hydroxyl groups is 1. The van der Waals surface area contributed by atoms with Crippen LogP contribution in [0.1, 0.15) is 71.1 Å². The van der Waals surface area contributed by atoms with Gasteiger partial charge in [0.15, 0.2) is 5.79 Å². The summed E-state index contributed by atoms with van der Waals surface area (Å²) >= 11 is 0. The average molecular weight is 340 g/mol. The Kier molecular flexibility index (Phi) is 6.17. The maximum Gasteiger partial charge on any atom is 0.306 e. The summed E-state index contributed by atoms with van der Waals surface area (Å²) in [6, 6.07) is 0. The second kappa shape index (κ2) is 8.15. The zero-order valence-electron chi connectivity index (χ0n) is 14.9. The molecule has 5 nitrogen and oxygen atoms in total. The van der Waals surface area contributed by atoms with Crippen LogP contribution in [-0.4, -0.2) is 42.3 Å². The number of hydrogen-bond acceptors (Lipinski definition) is 5. The van der Waals surface area contributed by atoms with Crippen LogP contribution in [-0.2, 0) is 19.0 Å². The Morgan fingerprint density at radius 3 is 2.62 bits per heavy atom. The highest BCUT2D eigenvalue weighted by atomic mass is 16.7. The summed E-state index contributed by atoms with van der Waals surface area (Å²) in [6.45, 7) is 3.55. The lowest BCUT2D eigenvalue weighted by Gasteiger charge is -2.30. The van der Waals surface area contributed by atoms with E-state index < -0.39 is 5.79 Å². The van der Waals surface area contributed by atoms with Crippen molar-refractivity contribution in [3.8, 4) is 0 Å². The first-order chi connectivity index (χ1) is 11.6. The minimum absolute atomic E-state index is 0.0760. The largest absolute Gasteiger partial charge is 0.462 e. The van der Waals surface area contributed by atoms with Gasteiger partial charge in [-0.05, 0) is 18.8 Å². The van der Waals surface area contributed by atoms with Crippen LogP contribution in [0.2, 0.25) is 0 Å². The van der Waals surface area contributed by atoms with Gasteiger partial charge in [0, 0.05) is 25.2 Å². The number of aliphatic hydroxyl groups excluding tert-OH is 1. The first kappa shape index (κ1) is 18.2. The number of unbranched alkanes of at least 4 members (excludes halogenated alkanes) is 4. The molecule has 24 heavy (non-hydrogen) atoms. The van der Waals surface area contributed by atoms with Crippen molar-refractivity contribution in [2.45, 2.75) is 89.1 Å². The molecule has 1 saturated carbocycles. The lowest BCUT2D eigenvalue weighted by atomic mass is 9.86. The molecular formula is C19H32O5. The average Bonchev–Trinajstić information content (AvgIpc) is 3.21. The van der Waals surface area contributed by atoms with Gasteiger partial charge < -0.3 is 19.3 Å². The van der Waals surface area contributed by atoms with Gasteiger partial charge >= 0.3 is 5.97 Å². The van der Waals surface area contributed by atoms with Gasteiger partial charge in [-0.1, -0.05) is 32.6 Å². The Bertz CT molecular complexity index is 418. The number of hydrogen-bond donors (Lipinski definition) is 1. The predicted octanol–water partition coefficient (Wildman–Crippen LogP) is 3.18. The van der Waals surface area contributed by atoms with Crippen LogP contribution in [0.4, 0.5) is 0 Å². The monoisotopic (exact) mass is 340 g/mol. The molecule has 4 atom stereocenters. The second-order valence-corrected chi connectivity index (χ2v) is 7.67. The van der Waals surface area contributed by atoms with Crippen molar-refractivity contribution >= 4 is 5.97 Å².